The predicted octanol–water partition coefficient (Wildman–Crippen LogP) is 4.47. The average Bonchev–Trinajstić information content (AvgIpc) is 3.37. The molecule has 33 heavy (non-hydrogen) atoms. The zero-order valence-electron chi connectivity index (χ0n) is 17.2. The minimum absolute atomic E-state index is 0.137. The van der Waals surface area contributed by atoms with Crippen molar-refractivity contribution in [1.82, 2.24) is 9.97 Å². The summed E-state index contributed by atoms with van der Waals surface area (Å²) in [5, 5.41) is 11.3. The molecule has 2 aromatic carbocycles. The highest BCUT2D eigenvalue weighted by Crippen LogP contribution is 2.44. The van der Waals surface area contributed by atoms with Gasteiger partial charge in [0.15, 0.2) is 10.9 Å². The Morgan fingerprint density at radius 1 is 1.12 bits per heavy atom. The van der Waals surface area contributed by atoms with Crippen LogP contribution in [0.1, 0.15) is 17.3 Å². The molecule has 9 heteroatoms. The maximum atomic E-state index is 13.6. The average molecular weight is 461 g/mol. The van der Waals surface area contributed by atoms with Crippen molar-refractivity contribution in [3.63, 3.8) is 0 Å². The summed E-state index contributed by atoms with van der Waals surface area (Å²) in [6.45, 7) is 0. The number of hydrogen-bond acceptors (Lipinski definition) is 7. The molecule has 0 spiro atoms. The number of aliphatic hydroxyl groups is 1. The second-order valence-corrected chi connectivity index (χ2v) is 8.27. The summed E-state index contributed by atoms with van der Waals surface area (Å²) < 4.78 is 19.7. The van der Waals surface area contributed by atoms with Gasteiger partial charge in [0.25, 0.3) is 5.78 Å². The molecule has 1 aliphatic rings. The maximum absolute atomic E-state index is 13.6. The van der Waals surface area contributed by atoms with Gasteiger partial charge in [0.1, 0.15) is 17.3 Å². The first kappa shape index (κ1) is 20.8. The number of thiazole rings is 1. The van der Waals surface area contributed by atoms with Crippen LogP contribution in [-0.4, -0.2) is 33.9 Å². The van der Waals surface area contributed by atoms with Crippen LogP contribution in [0.2, 0.25) is 0 Å². The van der Waals surface area contributed by atoms with Gasteiger partial charge < -0.3 is 9.84 Å². The molecule has 1 atom stereocenters. The van der Waals surface area contributed by atoms with Crippen molar-refractivity contribution in [3.8, 4) is 5.75 Å². The van der Waals surface area contributed by atoms with E-state index in [0.29, 0.717) is 16.8 Å². The summed E-state index contributed by atoms with van der Waals surface area (Å²) in [7, 11) is 1.55. The van der Waals surface area contributed by atoms with Crippen LogP contribution in [-0.2, 0) is 9.59 Å². The number of Topliss-reactive ketones (excluding diaryl/α,β-unsaturated/α-hetero) is 1. The fourth-order valence-corrected chi connectivity index (χ4v) is 4.77. The summed E-state index contributed by atoms with van der Waals surface area (Å²) in [6, 6.07) is 14.6. The van der Waals surface area contributed by atoms with Crippen LogP contribution in [0.3, 0.4) is 0 Å². The Kier molecular flexibility index (Phi) is 5.10. The van der Waals surface area contributed by atoms with Gasteiger partial charge in [0.05, 0.1) is 28.9 Å². The summed E-state index contributed by atoms with van der Waals surface area (Å²) in [5.41, 5.74) is 1.09. The molecule has 1 aliphatic heterocycles. The van der Waals surface area contributed by atoms with E-state index in [1.165, 1.54) is 52.8 Å². The van der Waals surface area contributed by atoms with Gasteiger partial charge in [-0.05, 0) is 48.0 Å². The number of benzene rings is 2. The Balaban J connectivity index is 1.72. The number of hydrogen-bond donors (Lipinski definition) is 1. The summed E-state index contributed by atoms with van der Waals surface area (Å²) in [4.78, 5) is 36.2. The zero-order valence-corrected chi connectivity index (χ0v) is 18.0. The maximum Gasteiger partial charge on any atom is 0.301 e. The number of nitrogens with zero attached hydrogens (tertiary/aromatic N) is 3. The largest absolute Gasteiger partial charge is 0.505 e. The Morgan fingerprint density at radius 2 is 1.91 bits per heavy atom. The number of ketones is 1. The number of rotatable bonds is 4. The monoisotopic (exact) mass is 461 g/mol. The molecule has 164 valence electrons. The quantitative estimate of drug-likeness (QED) is 0.274. The van der Waals surface area contributed by atoms with Crippen LogP contribution in [0.15, 0.2) is 72.4 Å². The smallest absolute Gasteiger partial charge is 0.301 e. The van der Waals surface area contributed by atoms with Crippen LogP contribution in [0, 0.1) is 5.82 Å². The standard InChI is InChI=1S/C24H16FN3O4S/c1-32-15-9-10-16-18(12-15)33-24(27-16)28-20(13-5-7-14(25)8-6-13)19(22(30)23(28)31)21(29)17-4-2-3-11-26-17/h2-12,20,29H,1H3. The van der Waals surface area contributed by atoms with Crippen molar-refractivity contribution in [1.29, 1.82) is 0 Å². The number of carbonyl (C=O) groups is 2. The van der Waals surface area contributed by atoms with Gasteiger partial charge >= 0.3 is 5.91 Å². The fourth-order valence-electron chi connectivity index (χ4n) is 3.75. The van der Waals surface area contributed by atoms with Crippen molar-refractivity contribution in [2.24, 2.45) is 0 Å². The van der Waals surface area contributed by atoms with Crippen molar-refractivity contribution in [2.45, 2.75) is 6.04 Å². The van der Waals surface area contributed by atoms with Gasteiger partial charge in [-0.2, -0.15) is 0 Å². The Morgan fingerprint density at radius 3 is 2.61 bits per heavy atom. The van der Waals surface area contributed by atoms with Crippen molar-refractivity contribution >= 4 is 44.1 Å². The lowest BCUT2D eigenvalue weighted by atomic mass is 9.96. The molecule has 3 heterocycles. The summed E-state index contributed by atoms with van der Waals surface area (Å²) in [6.07, 6.45) is 1.47. The molecule has 0 saturated carbocycles. The predicted molar refractivity (Wildman–Crippen MR) is 122 cm³/mol. The highest BCUT2D eigenvalue weighted by Gasteiger charge is 2.48. The molecule has 1 unspecified atom stereocenters. The third kappa shape index (κ3) is 3.52. The van der Waals surface area contributed by atoms with E-state index in [9.17, 15) is 19.1 Å². The molecule has 1 N–H and O–H groups in total. The number of carbonyl (C=O) groups excluding carboxylic acids is 2. The normalized spacial score (nSPS) is 17.6. The molecular weight excluding hydrogens is 445 g/mol. The van der Waals surface area contributed by atoms with Gasteiger partial charge in [-0.3, -0.25) is 19.5 Å². The SMILES string of the molecule is COc1ccc2nc(N3C(=O)C(=O)C(=C(O)c4ccccn4)C3c3ccc(F)cc3)sc2c1. The van der Waals surface area contributed by atoms with E-state index in [4.69, 9.17) is 4.74 Å². The number of halogens is 1. The Hall–Kier alpha value is -4.11. The van der Waals surface area contributed by atoms with E-state index in [2.05, 4.69) is 9.97 Å². The Bertz CT molecular complexity index is 1420. The van der Waals surface area contributed by atoms with E-state index in [0.717, 1.165) is 4.70 Å². The lowest BCUT2D eigenvalue weighted by molar-refractivity contribution is -0.132. The van der Waals surface area contributed by atoms with Crippen LogP contribution in [0.25, 0.3) is 16.0 Å². The molecule has 4 aromatic rings. The molecule has 0 radical (unpaired) electrons. The van der Waals surface area contributed by atoms with Crippen molar-refractivity contribution < 1.29 is 23.8 Å². The lowest BCUT2D eigenvalue weighted by Gasteiger charge is -2.22. The minimum atomic E-state index is -1.00. The van der Waals surface area contributed by atoms with Crippen molar-refractivity contribution in [2.75, 3.05) is 12.0 Å². The highest BCUT2D eigenvalue weighted by atomic mass is 32.1. The number of methoxy groups -OCH3 is 1. The van der Waals surface area contributed by atoms with Crippen LogP contribution in [0.4, 0.5) is 9.52 Å². The number of aliphatic hydroxyl groups excluding tert-OH is 1. The van der Waals surface area contributed by atoms with E-state index in [1.807, 2.05) is 0 Å². The number of pyridine rings is 1. The zero-order chi connectivity index (χ0) is 23.1. The second-order valence-electron chi connectivity index (χ2n) is 7.27. The topological polar surface area (TPSA) is 92.6 Å². The molecule has 2 aromatic heterocycles. The third-order valence-corrected chi connectivity index (χ3v) is 6.35. The first-order valence-electron chi connectivity index (χ1n) is 9.90. The Labute approximate surface area is 191 Å². The van der Waals surface area contributed by atoms with Crippen molar-refractivity contribution in [3.05, 3.63) is 89.5 Å². The number of anilines is 1. The molecule has 7 nitrogen and oxygen atoms in total. The first-order valence-corrected chi connectivity index (χ1v) is 10.7. The molecule has 1 amide bonds. The highest BCUT2D eigenvalue weighted by molar-refractivity contribution is 7.22. The van der Waals surface area contributed by atoms with Crippen LogP contribution < -0.4 is 9.64 Å². The van der Waals surface area contributed by atoms with E-state index >= 15 is 0 Å². The van der Waals surface area contributed by atoms with Gasteiger partial charge in [-0.15, -0.1) is 0 Å². The molecular formula is C24H16FN3O4S. The van der Waals surface area contributed by atoms with Gasteiger partial charge in [-0.1, -0.05) is 29.5 Å². The fraction of sp³-hybridized carbons (Fsp3) is 0.0833. The first-order chi connectivity index (χ1) is 16.0. The minimum Gasteiger partial charge on any atom is -0.505 e. The second kappa shape index (κ2) is 8.10. The van der Waals surface area contributed by atoms with Gasteiger partial charge in [-0.25, -0.2) is 9.37 Å². The summed E-state index contributed by atoms with van der Waals surface area (Å²) in [5.74, 6) is -1.96. The van der Waals surface area contributed by atoms with E-state index in [-0.39, 0.29) is 16.4 Å². The molecule has 0 bridgehead atoms. The molecule has 5 rings (SSSR count). The third-order valence-electron chi connectivity index (χ3n) is 5.33. The molecule has 0 aliphatic carbocycles. The van der Waals surface area contributed by atoms with Gasteiger partial charge in [0, 0.05) is 6.20 Å². The lowest BCUT2D eigenvalue weighted by Crippen LogP contribution is -2.29. The molecule has 1 saturated heterocycles. The van der Waals surface area contributed by atoms with Crippen LogP contribution >= 0.6 is 11.3 Å². The number of aromatic nitrogens is 2. The number of ether oxygens (including phenoxy) is 1. The molecule has 1 fully saturated rings. The van der Waals surface area contributed by atoms with Crippen LogP contribution in [0.5, 0.6) is 5.75 Å². The van der Waals surface area contributed by atoms with Gasteiger partial charge in [0.2, 0.25) is 0 Å². The number of amides is 1. The number of fused-ring (bicyclic) bond motifs is 1. The van der Waals surface area contributed by atoms with E-state index < -0.39 is 29.3 Å². The van der Waals surface area contributed by atoms with E-state index in [1.54, 1.807) is 37.4 Å². The summed E-state index contributed by atoms with van der Waals surface area (Å²) >= 11 is 1.21.